The van der Waals surface area contributed by atoms with Crippen LogP contribution in [0.15, 0.2) is 0 Å². The number of amides is 1. The topological polar surface area (TPSA) is 105 Å². The Hall–Kier alpha value is -1.14. The SMILES string of the molecule is C[C@H](C=N)C(CCNO)NC(=O)O. The van der Waals surface area contributed by atoms with Gasteiger partial charge in [0, 0.05) is 24.7 Å². The molecule has 1 unspecified atom stereocenters. The Labute approximate surface area is 76.4 Å². The first kappa shape index (κ1) is 11.9. The third kappa shape index (κ3) is 5.15. The van der Waals surface area contributed by atoms with E-state index in [0.29, 0.717) is 13.0 Å². The number of carboxylic acid groups (broad SMARTS) is 1. The van der Waals surface area contributed by atoms with Gasteiger partial charge in [0.15, 0.2) is 0 Å². The maximum absolute atomic E-state index is 10.3. The van der Waals surface area contributed by atoms with Crippen molar-refractivity contribution in [2.24, 2.45) is 5.92 Å². The summed E-state index contributed by atoms with van der Waals surface area (Å²) in [7, 11) is 0. The van der Waals surface area contributed by atoms with E-state index < -0.39 is 6.09 Å². The summed E-state index contributed by atoms with van der Waals surface area (Å²) in [4.78, 5) is 10.3. The number of hydrogen-bond acceptors (Lipinski definition) is 4. The summed E-state index contributed by atoms with van der Waals surface area (Å²) in [5, 5.41) is 26.0. The number of rotatable bonds is 6. The maximum Gasteiger partial charge on any atom is 0.404 e. The molecule has 0 rings (SSSR count). The predicted molar refractivity (Wildman–Crippen MR) is 47.3 cm³/mol. The van der Waals surface area contributed by atoms with Gasteiger partial charge in [0.05, 0.1) is 0 Å². The smallest absolute Gasteiger partial charge is 0.404 e. The molecule has 0 heterocycles. The average Bonchev–Trinajstić information content (AvgIpc) is 2.10. The van der Waals surface area contributed by atoms with Gasteiger partial charge in [-0.3, -0.25) is 0 Å². The molecule has 1 amide bonds. The minimum Gasteiger partial charge on any atom is -0.465 e. The second-order valence-corrected chi connectivity index (χ2v) is 2.78. The molecule has 0 spiro atoms. The zero-order chi connectivity index (χ0) is 10.3. The zero-order valence-electron chi connectivity index (χ0n) is 7.45. The highest BCUT2D eigenvalue weighted by atomic mass is 16.5. The Morgan fingerprint density at radius 3 is 2.69 bits per heavy atom. The van der Waals surface area contributed by atoms with Gasteiger partial charge in [0.1, 0.15) is 0 Å². The van der Waals surface area contributed by atoms with Gasteiger partial charge in [-0.15, -0.1) is 0 Å². The van der Waals surface area contributed by atoms with Crippen molar-refractivity contribution in [2.45, 2.75) is 19.4 Å². The first-order chi connectivity index (χ1) is 6.11. The Morgan fingerprint density at radius 1 is 1.69 bits per heavy atom. The normalized spacial score (nSPS) is 14.6. The lowest BCUT2D eigenvalue weighted by Gasteiger charge is -2.19. The van der Waals surface area contributed by atoms with Gasteiger partial charge >= 0.3 is 6.09 Å². The summed E-state index contributed by atoms with van der Waals surface area (Å²) >= 11 is 0. The van der Waals surface area contributed by atoms with E-state index in [-0.39, 0.29) is 12.0 Å². The molecule has 0 radical (unpaired) electrons. The molecular weight excluding hydrogens is 174 g/mol. The molecule has 0 aromatic carbocycles. The second-order valence-electron chi connectivity index (χ2n) is 2.78. The molecule has 6 heteroatoms. The van der Waals surface area contributed by atoms with Crippen LogP contribution in [-0.4, -0.2) is 35.2 Å². The summed E-state index contributed by atoms with van der Waals surface area (Å²) in [5.74, 6) is -0.176. The molecule has 76 valence electrons. The van der Waals surface area contributed by atoms with Crippen LogP contribution < -0.4 is 10.8 Å². The van der Waals surface area contributed by atoms with Gasteiger partial charge in [-0.1, -0.05) is 6.92 Å². The van der Waals surface area contributed by atoms with Crippen LogP contribution in [0, 0.1) is 11.3 Å². The molecular formula is C7H15N3O3. The second kappa shape index (κ2) is 6.38. The van der Waals surface area contributed by atoms with E-state index in [2.05, 4.69) is 5.32 Å². The van der Waals surface area contributed by atoms with Crippen LogP contribution in [0.5, 0.6) is 0 Å². The number of nitrogens with one attached hydrogen (secondary N) is 3. The Morgan fingerprint density at radius 2 is 2.31 bits per heavy atom. The van der Waals surface area contributed by atoms with E-state index in [1.165, 1.54) is 6.21 Å². The van der Waals surface area contributed by atoms with Crippen molar-refractivity contribution in [1.82, 2.24) is 10.8 Å². The lowest BCUT2D eigenvalue weighted by atomic mass is 10.0. The fourth-order valence-electron chi connectivity index (χ4n) is 0.961. The molecule has 0 saturated heterocycles. The van der Waals surface area contributed by atoms with Crippen molar-refractivity contribution in [3.63, 3.8) is 0 Å². The Kier molecular flexibility index (Phi) is 5.82. The fraction of sp³-hybridized carbons (Fsp3) is 0.714. The van der Waals surface area contributed by atoms with E-state index in [4.69, 9.17) is 15.7 Å². The number of carbonyl (C=O) groups is 1. The monoisotopic (exact) mass is 189 g/mol. The third-order valence-corrected chi connectivity index (χ3v) is 1.77. The highest BCUT2D eigenvalue weighted by Gasteiger charge is 2.16. The lowest BCUT2D eigenvalue weighted by molar-refractivity contribution is 0.155. The molecule has 0 aliphatic carbocycles. The van der Waals surface area contributed by atoms with Gasteiger partial charge in [0.2, 0.25) is 0 Å². The summed E-state index contributed by atoms with van der Waals surface area (Å²) in [6, 6.07) is -0.338. The number of hydrogen-bond donors (Lipinski definition) is 5. The maximum atomic E-state index is 10.3. The van der Waals surface area contributed by atoms with Gasteiger partial charge in [-0.05, 0) is 6.42 Å². The highest BCUT2D eigenvalue weighted by Crippen LogP contribution is 2.03. The van der Waals surface area contributed by atoms with Crippen LogP contribution >= 0.6 is 0 Å². The molecule has 0 aromatic heterocycles. The molecule has 0 aliphatic heterocycles. The van der Waals surface area contributed by atoms with Crippen LogP contribution in [0.2, 0.25) is 0 Å². The first-order valence-electron chi connectivity index (χ1n) is 3.98. The molecule has 6 nitrogen and oxygen atoms in total. The van der Waals surface area contributed by atoms with Crippen molar-refractivity contribution < 1.29 is 15.1 Å². The molecule has 0 aromatic rings. The van der Waals surface area contributed by atoms with Crippen molar-refractivity contribution in [3.05, 3.63) is 0 Å². The van der Waals surface area contributed by atoms with Crippen molar-refractivity contribution in [2.75, 3.05) is 6.54 Å². The van der Waals surface area contributed by atoms with Crippen LogP contribution in [0.3, 0.4) is 0 Å². The van der Waals surface area contributed by atoms with Crippen molar-refractivity contribution in [3.8, 4) is 0 Å². The molecule has 0 bridgehead atoms. The quantitative estimate of drug-likeness (QED) is 0.305. The molecule has 5 N–H and O–H groups in total. The van der Waals surface area contributed by atoms with E-state index in [9.17, 15) is 4.79 Å². The Bertz CT molecular complexity index is 174. The van der Waals surface area contributed by atoms with Crippen molar-refractivity contribution in [1.29, 1.82) is 5.41 Å². The van der Waals surface area contributed by atoms with Gasteiger partial charge in [-0.2, -0.15) is 0 Å². The summed E-state index contributed by atoms with van der Waals surface area (Å²) in [5.41, 5.74) is 1.94. The standard InChI is InChI=1S/C7H15N3O3/c1-5(4-8)6(2-3-9-13)10-7(11)12/h4-6,8-10,13H,2-3H2,1H3,(H,11,12)/t5-,6?/m1/s1. The Balaban J connectivity index is 4.01. The highest BCUT2D eigenvalue weighted by molar-refractivity contribution is 5.66. The van der Waals surface area contributed by atoms with E-state index >= 15 is 0 Å². The lowest BCUT2D eigenvalue weighted by Crippen LogP contribution is -2.40. The first-order valence-corrected chi connectivity index (χ1v) is 3.98. The average molecular weight is 189 g/mol. The minimum absolute atomic E-state index is 0.176. The van der Waals surface area contributed by atoms with Crippen LogP contribution in [-0.2, 0) is 0 Å². The molecule has 0 saturated carbocycles. The van der Waals surface area contributed by atoms with E-state index in [1.807, 2.05) is 5.48 Å². The van der Waals surface area contributed by atoms with E-state index in [0.717, 1.165) is 0 Å². The molecule has 13 heavy (non-hydrogen) atoms. The van der Waals surface area contributed by atoms with Crippen LogP contribution in [0.4, 0.5) is 4.79 Å². The summed E-state index contributed by atoms with van der Waals surface area (Å²) in [6.45, 7) is 2.04. The largest absolute Gasteiger partial charge is 0.465 e. The summed E-state index contributed by atoms with van der Waals surface area (Å²) in [6.07, 6.45) is 0.508. The van der Waals surface area contributed by atoms with Crippen LogP contribution in [0.1, 0.15) is 13.3 Å². The third-order valence-electron chi connectivity index (χ3n) is 1.77. The molecule has 2 atom stereocenters. The molecule has 0 fully saturated rings. The van der Waals surface area contributed by atoms with Crippen LogP contribution in [0.25, 0.3) is 0 Å². The van der Waals surface area contributed by atoms with E-state index in [1.54, 1.807) is 6.92 Å². The zero-order valence-corrected chi connectivity index (χ0v) is 7.45. The van der Waals surface area contributed by atoms with Gasteiger partial charge in [0.25, 0.3) is 0 Å². The van der Waals surface area contributed by atoms with Gasteiger partial charge in [-0.25, -0.2) is 10.3 Å². The summed E-state index contributed by atoms with van der Waals surface area (Å²) < 4.78 is 0. The minimum atomic E-state index is -1.11. The van der Waals surface area contributed by atoms with Crippen molar-refractivity contribution >= 4 is 12.3 Å². The van der Waals surface area contributed by atoms with Gasteiger partial charge < -0.3 is 21.0 Å². The predicted octanol–water partition coefficient (Wildman–Crippen LogP) is 0.277. The molecule has 0 aliphatic rings. The fourth-order valence-corrected chi connectivity index (χ4v) is 0.961. The number of hydroxylamine groups is 1.